The van der Waals surface area contributed by atoms with Crippen LogP contribution in [0.25, 0.3) is 0 Å². The van der Waals surface area contributed by atoms with E-state index in [9.17, 15) is 19.2 Å². The lowest BCUT2D eigenvalue weighted by atomic mass is 9.56. The molecule has 13 heteroatoms. The highest BCUT2D eigenvalue weighted by atomic mass is 35.5. The van der Waals surface area contributed by atoms with Gasteiger partial charge in [0.15, 0.2) is 12.1 Å². The van der Waals surface area contributed by atoms with Crippen LogP contribution >= 0.6 is 23.2 Å². The Bertz CT molecular complexity index is 1330. The van der Waals surface area contributed by atoms with Gasteiger partial charge in [0.1, 0.15) is 0 Å². The zero-order valence-corrected chi connectivity index (χ0v) is 23.9. The Balaban J connectivity index is 1.38. The number of quaternary nitrogens is 1. The fraction of sp³-hybridized carbons (Fsp3) is 0.407. The molecule has 0 unspecified atom stereocenters. The molecule has 40 heavy (non-hydrogen) atoms. The van der Waals surface area contributed by atoms with Gasteiger partial charge >= 0.3 is 18.6 Å². The van der Waals surface area contributed by atoms with Crippen LogP contribution in [-0.2, 0) is 23.7 Å². The number of nitrogens with one attached hydrogen (secondary N) is 2. The number of amides is 2. The summed E-state index contributed by atoms with van der Waals surface area (Å²) < 4.78 is 12.0. The van der Waals surface area contributed by atoms with Crippen LogP contribution in [-0.4, -0.2) is 79.5 Å². The molecule has 3 saturated heterocycles. The highest BCUT2D eigenvalue weighted by Gasteiger charge is 2.78. The summed E-state index contributed by atoms with van der Waals surface area (Å²) in [5, 5.41) is 5.99. The third-order valence-electron chi connectivity index (χ3n) is 8.30. The number of benzene rings is 2. The lowest BCUT2D eigenvalue weighted by Gasteiger charge is -2.54. The van der Waals surface area contributed by atoms with Gasteiger partial charge in [0.05, 0.1) is 36.2 Å². The SMILES string of the molecule is CC(C)C[C@H](NC(=O)CNC(=O)c1cc(Cl)ccc1Cl)[B-]12OC(=O)[C@H]3CN(c4ccccc4)C[C@H](C(=O)O1)[N+]32C. The minimum Gasteiger partial charge on any atom is -0.599 e. The van der Waals surface area contributed by atoms with E-state index in [2.05, 4.69) is 10.6 Å². The summed E-state index contributed by atoms with van der Waals surface area (Å²) in [5.41, 5.74) is 1.03. The van der Waals surface area contributed by atoms with Crippen LogP contribution in [0.15, 0.2) is 48.5 Å². The predicted octanol–water partition coefficient (Wildman–Crippen LogP) is 2.55. The molecule has 3 aliphatic heterocycles. The molecule has 2 aromatic carbocycles. The molecule has 212 valence electrons. The lowest BCUT2D eigenvalue weighted by Crippen LogP contribution is -2.78. The van der Waals surface area contributed by atoms with Crippen molar-refractivity contribution in [1.82, 2.24) is 10.6 Å². The van der Waals surface area contributed by atoms with E-state index in [0.717, 1.165) is 5.69 Å². The summed E-state index contributed by atoms with van der Waals surface area (Å²) in [4.78, 5) is 54.5. The van der Waals surface area contributed by atoms with Crippen molar-refractivity contribution in [3.63, 3.8) is 0 Å². The first-order chi connectivity index (χ1) is 19.0. The third kappa shape index (κ3) is 4.69. The number of hydrogen-bond acceptors (Lipinski definition) is 7. The average Bonchev–Trinajstić information content (AvgIpc) is 3.28. The highest BCUT2D eigenvalue weighted by molar-refractivity contribution is 6.68. The van der Waals surface area contributed by atoms with Crippen molar-refractivity contribution in [2.24, 2.45) is 5.92 Å². The summed E-state index contributed by atoms with van der Waals surface area (Å²) in [5.74, 6) is -2.76. The summed E-state index contributed by atoms with van der Waals surface area (Å²) in [7, 11) is 1.82. The number of rotatable bonds is 8. The van der Waals surface area contributed by atoms with Crippen LogP contribution in [0.4, 0.5) is 5.69 Å². The number of nitrogens with zero attached hydrogens (tertiary/aromatic N) is 2. The van der Waals surface area contributed by atoms with Gasteiger partial charge in [-0.25, -0.2) is 9.59 Å². The van der Waals surface area contributed by atoms with E-state index in [-0.39, 0.29) is 27.4 Å². The molecule has 3 heterocycles. The maximum atomic E-state index is 13.4. The van der Waals surface area contributed by atoms with Gasteiger partial charge in [-0.2, -0.15) is 0 Å². The van der Waals surface area contributed by atoms with E-state index < -0.39 is 48.5 Å². The highest BCUT2D eigenvalue weighted by Crippen LogP contribution is 2.47. The van der Waals surface area contributed by atoms with Gasteiger partial charge in [-0.3, -0.25) is 9.59 Å². The van der Waals surface area contributed by atoms with E-state index in [4.69, 9.17) is 32.5 Å². The molecule has 0 aliphatic carbocycles. The van der Waals surface area contributed by atoms with Gasteiger partial charge in [-0.05, 0) is 42.7 Å². The van der Waals surface area contributed by atoms with Crippen molar-refractivity contribution in [1.29, 1.82) is 0 Å². The van der Waals surface area contributed by atoms with E-state index >= 15 is 0 Å². The smallest absolute Gasteiger partial charge is 0.599 e. The molecule has 2 amide bonds. The Morgan fingerprint density at radius 3 is 2.27 bits per heavy atom. The fourth-order valence-electron chi connectivity index (χ4n) is 6.34. The van der Waals surface area contributed by atoms with E-state index in [0.29, 0.717) is 24.5 Å². The number of carbonyl (C=O) groups excluding carboxylic acids is 4. The number of halogens is 2. The molecule has 2 N–H and O–H groups in total. The number of anilines is 1. The zero-order chi connectivity index (χ0) is 28.8. The molecular weight excluding hydrogens is 558 g/mol. The molecule has 0 bridgehead atoms. The fourth-order valence-corrected chi connectivity index (χ4v) is 6.71. The second-order valence-corrected chi connectivity index (χ2v) is 12.1. The first-order valence-electron chi connectivity index (χ1n) is 13.2. The van der Waals surface area contributed by atoms with Crippen LogP contribution in [0.5, 0.6) is 0 Å². The second kappa shape index (κ2) is 10.6. The van der Waals surface area contributed by atoms with E-state index in [1.165, 1.54) is 12.1 Å². The Morgan fingerprint density at radius 1 is 1.05 bits per heavy atom. The molecule has 0 spiro atoms. The third-order valence-corrected chi connectivity index (χ3v) is 8.87. The van der Waals surface area contributed by atoms with E-state index in [1.807, 2.05) is 56.1 Å². The first-order valence-corrected chi connectivity index (χ1v) is 14.0. The molecule has 0 aromatic heterocycles. The Hall–Kier alpha value is -3.28. The van der Waals surface area contributed by atoms with Gasteiger partial charge in [-0.1, -0.05) is 55.2 Å². The molecule has 10 nitrogen and oxygen atoms in total. The van der Waals surface area contributed by atoms with Crippen LogP contribution < -0.4 is 15.5 Å². The normalized spacial score (nSPS) is 27.6. The second-order valence-electron chi connectivity index (χ2n) is 11.2. The minimum atomic E-state index is -2.63. The molecular formula is C27H31BCl2N4O6. The van der Waals surface area contributed by atoms with Crippen LogP contribution in [0.3, 0.4) is 0 Å². The van der Waals surface area contributed by atoms with Crippen LogP contribution in [0.2, 0.25) is 10.0 Å². The minimum absolute atomic E-state index is 0.0524. The van der Waals surface area contributed by atoms with Crippen LogP contribution in [0, 0.1) is 5.92 Å². The zero-order valence-electron chi connectivity index (χ0n) is 22.4. The number of carbonyl (C=O) groups is 4. The summed E-state index contributed by atoms with van der Waals surface area (Å²) in [6.07, 6.45) is 0.385. The Labute approximate surface area is 242 Å². The summed E-state index contributed by atoms with van der Waals surface area (Å²) in [6.45, 7) is 1.60. The maximum Gasteiger partial charge on any atom is 0.606 e. The van der Waals surface area contributed by atoms with Crippen molar-refractivity contribution in [3.8, 4) is 0 Å². The van der Waals surface area contributed by atoms with Crippen molar-refractivity contribution in [2.45, 2.75) is 38.3 Å². The van der Waals surface area contributed by atoms with E-state index in [1.54, 1.807) is 6.07 Å². The first kappa shape index (κ1) is 28.3. The van der Waals surface area contributed by atoms with Gasteiger partial charge in [0, 0.05) is 17.8 Å². The summed E-state index contributed by atoms with van der Waals surface area (Å²) in [6, 6.07) is 12.7. The Morgan fingerprint density at radius 2 is 1.68 bits per heavy atom. The van der Waals surface area contributed by atoms with Crippen LogP contribution in [0.1, 0.15) is 30.6 Å². The molecule has 0 radical (unpaired) electrons. The molecule has 3 aliphatic rings. The number of likely N-dealkylation sites (N-methyl/N-ethyl adjacent to an activating group) is 1. The van der Waals surface area contributed by atoms with Crippen molar-refractivity contribution in [3.05, 3.63) is 64.1 Å². The topological polar surface area (TPSA) is 114 Å². The quantitative estimate of drug-likeness (QED) is 0.456. The van der Waals surface area contributed by atoms with Crippen molar-refractivity contribution >= 4 is 59.3 Å². The predicted molar refractivity (Wildman–Crippen MR) is 151 cm³/mol. The van der Waals surface area contributed by atoms with Gasteiger partial charge < -0.3 is 29.2 Å². The van der Waals surface area contributed by atoms with Gasteiger partial charge in [-0.15, -0.1) is 0 Å². The average molecular weight is 589 g/mol. The largest absolute Gasteiger partial charge is 0.606 e. The summed E-state index contributed by atoms with van der Waals surface area (Å²) >= 11 is 12.1. The number of hydrogen-bond donors (Lipinski definition) is 2. The number of para-hydroxylation sites is 1. The monoisotopic (exact) mass is 588 g/mol. The Kier molecular flexibility index (Phi) is 7.49. The maximum absolute atomic E-state index is 13.4. The van der Waals surface area contributed by atoms with Crippen molar-refractivity contribution < 1.29 is 32.9 Å². The van der Waals surface area contributed by atoms with Crippen molar-refractivity contribution in [2.75, 3.05) is 31.6 Å². The van der Waals surface area contributed by atoms with Gasteiger partial charge in [0.25, 0.3) is 5.91 Å². The number of piperazine rings is 1. The lowest BCUT2D eigenvalue weighted by molar-refractivity contribution is -0.845. The molecule has 0 saturated carbocycles. The molecule has 3 fully saturated rings. The molecule has 3 atom stereocenters. The standard InChI is InChI=1S/C27H31BCl2N4O6/c1-16(2)11-23(32-24(35)13-31-25(36)19-12-17(29)9-10-20(19)30)28-34(3)21(26(37)39-28)14-33(15-22(34)27(38)40-28)18-7-5-4-6-8-18/h4-10,12,16,21-23H,11,13-15H2,1-3H3,(H,31,36)(H,32,35)/t21-,22-,23+,28?,34?/m1/s1. The van der Waals surface area contributed by atoms with Gasteiger partial charge in [0.2, 0.25) is 5.91 Å². The molecule has 2 aromatic rings. The molecule has 5 rings (SSSR count).